The van der Waals surface area contributed by atoms with E-state index in [1.807, 2.05) is 49.3 Å². The maximum Gasteiger partial charge on any atom is 0.313 e. The molecule has 0 bridgehead atoms. The molecule has 0 aliphatic rings. The van der Waals surface area contributed by atoms with E-state index in [1.54, 1.807) is 4.68 Å². The fraction of sp³-hybridized carbons (Fsp3) is 0.400. The monoisotopic (exact) mass is 361 g/mol. The molecule has 0 aliphatic heterocycles. The molecule has 0 fully saturated rings. The van der Waals surface area contributed by atoms with E-state index in [-0.39, 0.29) is 5.75 Å². The van der Waals surface area contributed by atoms with Gasteiger partial charge in [0.2, 0.25) is 0 Å². The van der Waals surface area contributed by atoms with Crippen molar-refractivity contribution in [1.29, 1.82) is 0 Å². The molecule has 0 atom stereocenters. The van der Waals surface area contributed by atoms with E-state index in [2.05, 4.69) is 20.4 Å². The predicted molar refractivity (Wildman–Crippen MR) is 92.9 cm³/mol. The van der Waals surface area contributed by atoms with Crippen LogP contribution in [0.1, 0.15) is 18.3 Å². The highest BCUT2D eigenvalue weighted by Gasteiger charge is 2.22. The molecule has 0 amide bonds. The number of hydrogen-bond donors (Lipinski definition) is 1. The third-order valence-corrected chi connectivity index (χ3v) is 4.59. The lowest BCUT2D eigenvalue weighted by atomic mass is 10.2. The second-order valence-electron chi connectivity index (χ2n) is 5.58. The van der Waals surface area contributed by atoms with Crippen molar-refractivity contribution in [1.82, 2.24) is 34.3 Å². The lowest BCUT2D eigenvalue weighted by Gasteiger charge is -2.09. The summed E-state index contributed by atoms with van der Waals surface area (Å²) in [5, 5.41) is 26.8. The molecule has 3 aromatic rings. The topological polar surface area (TPSA) is 104 Å². The number of nitrogens with zero attached hydrogens (tertiary/aromatic N) is 7. The van der Waals surface area contributed by atoms with Crippen LogP contribution >= 0.6 is 11.8 Å². The number of aromatic nitrogens is 7. The normalized spacial score (nSPS) is 11.2. The number of thioether (sulfide) groups is 1. The van der Waals surface area contributed by atoms with Crippen LogP contribution in [0.15, 0.2) is 17.4 Å². The first kappa shape index (κ1) is 17.2. The number of carboxylic acid groups (broad SMARTS) is 1. The Hall–Kier alpha value is -2.62. The van der Waals surface area contributed by atoms with Crippen LogP contribution in [-0.2, 0) is 18.4 Å². The average molecular weight is 361 g/mol. The summed E-state index contributed by atoms with van der Waals surface area (Å²) in [4.78, 5) is 11.0. The van der Waals surface area contributed by atoms with Gasteiger partial charge in [0.15, 0.2) is 11.0 Å². The Kier molecular flexibility index (Phi) is 4.62. The Morgan fingerprint density at radius 3 is 2.60 bits per heavy atom. The summed E-state index contributed by atoms with van der Waals surface area (Å²) in [6.07, 6.45) is 1.92. The molecule has 0 saturated heterocycles. The molecule has 0 aliphatic carbocycles. The lowest BCUT2D eigenvalue weighted by molar-refractivity contribution is -0.133. The number of aliphatic carboxylic acids is 1. The number of carboxylic acids is 1. The predicted octanol–water partition coefficient (Wildman–Crippen LogP) is 1.68. The molecule has 3 aromatic heterocycles. The minimum atomic E-state index is -0.905. The highest BCUT2D eigenvalue weighted by Crippen LogP contribution is 2.29. The molecule has 0 aromatic carbocycles. The molecule has 3 rings (SSSR count). The van der Waals surface area contributed by atoms with Crippen molar-refractivity contribution in [3.05, 3.63) is 23.7 Å². The van der Waals surface area contributed by atoms with Gasteiger partial charge in [0.25, 0.3) is 0 Å². The molecular weight excluding hydrogens is 342 g/mol. The van der Waals surface area contributed by atoms with Crippen LogP contribution in [0.4, 0.5) is 0 Å². The highest BCUT2D eigenvalue weighted by atomic mass is 32.2. The standard InChI is InChI=1S/C15H19N7O2S/c1-5-21-7-11(10(3)19-21)14-16-17-15(25-8-13(23)24)22(14)12-6-9(2)18-20(12)4/h6-7H,5,8H2,1-4H3,(H,23,24). The van der Waals surface area contributed by atoms with Crippen LogP contribution < -0.4 is 0 Å². The molecule has 9 nitrogen and oxygen atoms in total. The van der Waals surface area contributed by atoms with Gasteiger partial charge in [-0.15, -0.1) is 10.2 Å². The Morgan fingerprint density at radius 2 is 2.04 bits per heavy atom. The van der Waals surface area contributed by atoms with Gasteiger partial charge >= 0.3 is 5.97 Å². The van der Waals surface area contributed by atoms with E-state index in [9.17, 15) is 4.79 Å². The van der Waals surface area contributed by atoms with Gasteiger partial charge in [-0.05, 0) is 20.8 Å². The Morgan fingerprint density at radius 1 is 1.28 bits per heavy atom. The average Bonchev–Trinajstić information content (AvgIpc) is 3.21. The molecule has 0 radical (unpaired) electrons. The summed E-state index contributed by atoms with van der Waals surface area (Å²) in [5.41, 5.74) is 2.55. The van der Waals surface area contributed by atoms with Gasteiger partial charge in [-0.25, -0.2) is 0 Å². The molecule has 0 unspecified atom stereocenters. The molecule has 10 heteroatoms. The highest BCUT2D eigenvalue weighted by molar-refractivity contribution is 7.99. The van der Waals surface area contributed by atoms with E-state index in [0.717, 1.165) is 41.1 Å². The van der Waals surface area contributed by atoms with Crippen molar-refractivity contribution in [2.75, 3.05) is 5.75 Å². The van der Waals surface area contributed by atoms with Gasteiger partial charge in [-0.1, -0.05) is 11.8 Å². The molecule has 0 saturated carbocycles. The summed E-state index contributed by atoms with van der Waals surface area (Å²) in [7, 11) is 1.83. The summed E-state index contributed by atoms with van der Waals surface area (Å²) in [5.74, 6) is 0.390. The van der Waals surface area contributed by atoms with E-state index in [0.29, 0.717) is 11.0 Å². The second-order valence-corrected chi connectivity index (χ2v) is 6.52. The maximum atomic E-state index is 11.0. The molecule has 0 spiro atoms. The summed E-state index contributed by atoms with van der Waals surface area (Å²) in [6.45, 7) is 6.58. The summed E-state index contributed by atoms with van der Waals surface area (Å²) < 4.78 is 5.40. The third-order valence-electron chi connectivity index (χ3n) is 3.68. The maximum absolute atomic E-state index is 11.0. The Balaban J connectivity index is 2.16. The first-order valence-electron chi connectivity index (χ1n) is 7.76. The Labute approximate surface area is 148 Å². The van der Waals surface area contributed by atoms with Crippen molar-refractivity contribution in [2.24, 2.45) is 7.05 Å². The number of aryl methyl sites for hydroxylation is 4. The largest absolute Gasteiger partial charge is 0.481 e. The fourth-order valence-corrected chi connectivity index (χ4v) is 3.24. The molecule has 25 heavy (non-hydrogen) atoms. The van der Waals surface area contributed by atoms with Crippen molar-refractivity contribution in [3.63, 3.8) is 0 Å². The SMILES string of the molecule is CCn1cc(-c2nnc(SCC(=O)O)n2-c2cc(C)nn2C)c(C)n1. The summed E-state index contributed by atoms with van der Waals surface area (Å²) >= 11 is 1.12. The minimum absolute atomic E-state index is 0.0951. The second kappa shape index (κ2) is 6.71. The molecular formula is C15H19N7O2S. The molecule has 132 valence electrons. The summed E-state index contributed by atoms with van der Waals surface area (Å²) in [6, 6.07) is 1.91. The fourth-order valence-electron chi connectivity index (χ4n) is 2.58. The van der Waals surface area contributed by atoms with Gasteiger partial charge in [0.1, 0.15) is 5.82 Å². The van der Waals surface area contributed by atoms with E-state index in [1.165, 1.54) is 0 Å². The van der Waals surface area contributed by atoms with Crippen LogP contribution in [0, 0.1) is 13.8 Å². The zero-order valence-electron chi connectivity index (χ0n) is 14.5. The lowest BCUT2D eigenvalue weighted by Crippen LogP contribution is -2.07. The van der Waals surface area contributed by atoms with Gasteiger partial charge in [-0.3, -0.25) is 18.7 Å². The van der Waals surface area contributed by atoms with E-state index in [4.69, 9.17) is 5.11 Å². The number of rotatable bonds is 6. The minimum Gasteiger partial charge on any atom is -0.481 e. The van der Waals surface area contributed by atoms with Crippen LogP contribution in [-0.4, -0.2) is 51.2 Å². The first-order chi connectivity index (χ1) is 11.9. The van der Waals surface area contributed by atoms with Crippen molar-refractivity contribution in [2.45, 2.75) is 32.5 Å². The molecule has 3 heterocycles. The first-order valence-corrected chi connectivity index (χ1v) is 8.74. The van der Waals surface area contributed by atoms with Gasteiger partial charge < -0.3 is 5.11 Å². The van der Waals surface area contributed by atoms with Crippen LogP contribution in [0.25, 0.3) is 17.2 Å². The number of hydrogen-bond acceptors (Lipinski definition) is 6. The van der Waals surface area contributed by atoms with Crippen molar-refractivity contribution < 1.29 is 9.90 Å². The Bertz CT molecular complexity index is 925. The van der Waals surface area contributed by atoms with Gasteiger partial charge in [0, 0.05) is 25.9 Å². The third kappa shape index (κ3) is 3.29. The van der Waals surface area contributed by atoms with Crippen molar-refractivity contribution >= 4 is 17.7 Å². The number of carbonyl (C=O) groups is 1. The van der Waals surface area contributed by atoms with Crippen LogP contribution in [0.3, 0.4) is 0 Å². The van der Waals surface area contributed by atoms with E-state index < -0.39 is 5.97 Å². The van der Waals surface area contributed by atoms with Crippen LogP contribution in [0.5, 0.6) is 0 Å². The smallest absolute Gasteiger partial charge is 0.313 e. The molecule has 1 N–H and O–H groups in total. The zero-order chi connectivity index (χ0) is 18.1. The van der Waals surface area contributed by atoms with E-state index >= 15 is 0 Å². The van der Waals surface area contributed by atoms with Gasteiger partial charge in [-0.2, -0.15) is 10.2 Å². The van der Waals surface area contributed by atoms with Crippen molar-refractivity contribution in [3.8, 4) is 17.2 Å². The van der Waals surface area contributed by atoms with Crippen LogP contribution in [0.2, 0.25) is 0 Å². The van der Waals surface area contributed by atoms with Gasteiger partial charge in [0.05, 0.1) is 22.7 Å². The quantitative estimate of drug-likeness (QED) is 0.666. The zero-order valence-corrected chi connectivity index (χ0v) is 15.3.